The van der Waals surface area contributed by atoms with Crippen LogP contribution in [0.3, 0.4) is 0 Å². The molecule has 0 saturated heterocycles. The number of aromatic nitrogens is 2. The van der Waals surface area contributed by atoms with Gasteiger partial charge in [0.1, 0.15) is 12.1 Å². The van der Waals surface area contributed by atoms with Gasteiger partial charge in [-0.1, -0.05) is 25.9 Å². The van der Waals surface area contributed by atoms with Gasteiger partial charge >= 0.3 is 0 Å². The van der Waals surface area contributed by atoms with Gasteiger partial charge in [-0.05, 0) is 5.41 Å². The highest BCUT2D eigenvalue weighted by atomic mass is 16.5. The third-order valence-corrected chi connectivity index (χ3v) is 2.23. The molecule has 0 aliphatic heterocycles. The normalized spacial score (nSPS) is 16.1. The number of aliphatic hydroxyl groups is 1. The predicted molar refractivity (Wildman–Crippen MR) is 57.5 cm³/mol. The van der Waals surface area contributed by atoms with Crippen LogP contribution in [0.1, 0.15) is 44.6 Å². The minimum absolute atomic E-state index is 0.140. The quantitative estimate of drug-likeness (QED) is 0.792. The van der Waals surface area contributed by atoms with Crippen LogP contribution >= 0.6 is 0 Å². The molecule has 0 radical (unpaired) electrons. The molecule has 0 spiro atoms. The number of nitrogens with zero attached hydrogens (tertiary/aromatic N) is 2. The van der Waals surface area contributed by atoms with E-state index < -0.39 is 6.04 Å². The van der Waals surface area contributed by atoms with Crippen LogP contribution in [0.5, 0.6) is 0 Å². The summed E-state index contributed by atoms with van der Waals surface area (Å²) in [6.45, 7) is 5.82. The summed E-state index contributed by atoms with van der Waals surface area (Å²) in [7, 11) is 1.60. The van der Waals surface area contributed by atoms with Crippen molar-refractivity contribution in [2.24, 2.45) is 11.1 Å². The topological polar surface area (TPSA) is 94.4 Å². The number of ether oxygens (including phenoxy) is 1. The SMILES string of the molecule is COC(c1noc([C@@H](N)CO)n1)C(C)(C)C. The Labute approximate surface area is 94.8 Å². The third-order valence-electron chi connectivity index (χ3n) is 2.23. The predicted octanol–water partition coefficient (Wildman–Crippen LogP) is 0.795. The van der Waals surface area contributed by atoms with Crippen LogP contribution in [0.4, 0.5) is 0 Å². The second-order valence-corrected chi connectivity index (χ2v) is 4.76. The maximum atomic E-state index is 8.87. The molecule has 1 heterocycles. The minimum atomic E-state index is -0.640. The molecule has 16 heavy (non-hydrogen) atoms. The molecule has 6 heteroatoms. The summed E-state index contributed by atoms with van der Waals surface area (Å²) in [5.74, 6) is 0.678. The van der Waals surface area contributed by atoms with E-state index >= 15 is 0 Å². The summed E-state index contributed by atoms with van der Waals surface area (Å²) in [5.41, 5.74) is 5.43. The van der Waals surface area contributed by atoms with Crippen LogP contribution in [0.15, 0.2) is 4.52 Å². The van der Waals surface area contributed by atoms with Crippen molar-refractivity contribution in [1.29, 1.82) is 0 Å². The van der Waals surface area contributed by atoms with Gasteiger partial charge in [0, 0.05) is 7.11 Å². The van der Waals surface area contributed by atoms with Crippen LogP contribution in [-0.4, -0.2) is 29.0 Å². The molecule has 0 saturated carbocycles. The number of nitrogens with two attached hydrogens (primary N) is 1. The molecule has 1 aromatic rings. The fraction of sp³-hybridized carbons (Fsp3) is 0.800. The minimum Gasteiger partial charge on any atom is -0.394 e. The first-order valence-electron chi connectivity index (χ1n) is 5.13. The van der Waals surface area contributed by atoms with E-state index in [1.54, 1.807) is 7.11 Å². The van der Waals surface area contributed by atoms with Crippen LogP contribution in [0.2, 0.25) is 0 Å². The molecular formula is C10H19N3O3. The van der Waals surface area contributed by atoms with Crippen LogP contribution in [-0.2, 0) is 4.74 Å². The Hall–Kier alpha value is -0.980. The van der Waals surface area contributed by atoms with Gasteiger partial charge in [-0.2, -0.15) is 4.98 Å². The van der Waals surface area contributed by atoms with Crippen molar-refractivity contribution < 1.29 is 14.4 Å². The second kappa shape index (κ2) is 4.90. The maximum absolute atomic E-state index is 8.87. The number of aliphatic hydroxyl groups excluding tert-OH is 1. The van der Waals surface area contributed by atoms with E-state index in [0.29, 0.717) is 5.82 Å². The first-order valence-corrected chi connectivity index (χ1v) is 5.13. The Morgan fingerprint density at radius 2 is 2.12 bits per heavy atom. The average molecular weight is 229 g/mol. The first kappa shape index (κ1) is 13.1. The van der Waals surface area contributed by atoms with Crippen molar-refractivity contribution >= 4 is 0 Å². The lowest BCUT2D eigenvalue weighted by Crippen LogP contribution is -2.21. The van der Waals surface area contributed by atoms with Gasteiger partial charge in [-0.3, -0.25) is 0 Å². The summed E-state index contributed by atoms with van der Waals surface area (Å²) in [5, 5.41) is 12.7. The third kappa shape index (κ3) is 2.78. The highest BCUT2D eigenvalue weighted by Crippen LogP contribution is 2.33. The Morgan fingerprint density at radius 1 is 1.50 bits per heavy atom. The van der Waals surface area contributed by atoms with Crippen LogP contribution in [0, 0.1) is 5.41 Å². The van der Waals surface area contributed by atoms with Crippen LogP contribution < -0.4 is 5.73 Å². The largest absolute Gasteiger partial charge is 0.394 e. The van der Waals surface area contributed by atoms with Gasteiger partial charge in [0.2, 0.25) is 11.7 Å². The summed E-state index contributed by atoms with van der Waals surface area (Å²) >= 11 is 0. The van der Waals surface area contributed by atoms with Gasteiger partial charge in [-0.15, -0.1) is 0 Å². The van der Waals surface area contributed by atoms with Crippen molar-refractivity contribution in [3.63, 3.8) is 0 Å². The Morgan fingerprint density at radius 3 is 2.56 bits per heavy atom. The van der Waals surface area contributed by atoms with Crippen LogP contribution in [0.25, 0.3) is 0 Å². The van der Waals surface area contributed by atoms with Gasteiger partial charge in [0.25, 0.3) is 0 Å². The monoisotopic (exact) mass is 229 g/mol. The average Bonchev–Trinajstić information content (AvgIpc) is 2.64. The number of methoxy groups -OCH3 is 1. The lowest BCUT2D eigenvalue weighted by atomic mass is 9.88. The smallest absolute Gasteiger partial charge is 0.246 e. The van der Waals surface area contributed by atoms with E-state index in [1.807, 2.05) is 20.8 Å². The molecule has 0 aliphatic carbocycles. The van der Waals surface area contributed by atoms with Crippen molar-refractivity contribution in [1.82, 2.24) is 10.1 Å². The van der Waals surface area contributed by atoms with E-state index in [4.69, 9.17) is 20.1 Å². The molecule has 1 unspecified atom stereocenters. The Bertz CT molecular complexity index is 332. The van der Waals surface area contributed by atoms with Gasteiger partial charge in [0.15, 0.2) is 0 Å². The molecule has 1 aromatic heterocycles. The van der Waals surface area contributed by atoms with E-state index in [1.165, 1.54) is 0 Å². The highest BCUT2D eigenvalue weighted by Gasteiger charge is 2.31. The fourth-order valence-electron chi connectivity index (χ4n) is 1.43. The zero-order valence-corrected chi connectivity index (χ0v) is 10.1. The Balaban J connectivity index is 2.91. The lowest BCUT2D eigenvalue weighted by Gasteiger charge is -2.26. The van der Waals surface area contributed by atoms with Crippen molar-refractivity contribution in [2.45, 2.75) is 32.9 Å². The highest BCUT2D eigenvalue weighted by molar-refractivity contribution is 4.98. The molecule has 0 fully saturated rings. The molecule has 1 rings (SSSR count). The molecule has 3 N–H and O–H groups in total. The zero-order valence-electron chi connectivity index (χ0n) is 10.1. The number of hydrogen-bond acceptors (Lipinski definition) is 6. The maximum Gasteiger partial charge on any atom is 0.246 e. The van der Waals surface area contributed by atoms with E-state index in [2.05, 4.69) is 10.1 Å². The second-order valence-electron chi connectivity index (χ2n) is 4.76. The molecule has 6 nitrogen and oxygen atoms in total. The van der Waals surface area contributed by atoms with Crippen molar-refractivity contribution in [3.8, 4) is 0 Å². The van der Waals surface area contributed by atoms with Crippen molar-refractivity contribution in [3.05, 3.63) is 11.7 Å². The van der Waals surface area contributed by atoms with E-state index in [9.17, 15) is 0 Å². The van der Waals surface area contributed by atoms with Crippen molar-refractivity contribution in [2.75, 3.05) is 13.7 Å². The van der Waals surface area contributed by atoms with E-state index in [-0.39, 0.29) is 24.0 Å². The molecule has 0 aromatic carbocycles. The first-order chi connectivity index (χ1) is 7.40. The Kier molecular flexibility index (Phi) is 4.01. The zero-order chi connectivity index (χ0) is 12.3. The van der Waals surface area contributed by atoms with Gasteiger partial charge < -0.3 is 20.1 Å². The standard InChI is InChI=1S/C10H19N3O3/c1-10(2,3)7(15-4)8-12-9(16-13-8)6(11)5-14/h6-7,14H,5,11H2,1-4H3/t6-,7?/m0/s1. The number of rotatable bonds is 4. The molecular weight excluding hydrogens is 210 g/mol. The summed E-state index contributed by atoms with van der Waals surface area (Å²) in [4.78, 5) is 4.13. The molecule has 0 bridgehead atoms. The molecule has 0 aliphatic rings. The summed E-state index contributed by atoms with van der Waals surface area (Å²) in [6.07, 6.45) is -0.268. The molecule has 92 valence electrons. The summed E-state index contributed by atoms with van der Waals surface area (Å²) in [6, 6.07) is -0.640. The van der Waals surface area contributed by atoms with Gasteiger partial charge in [0.05, 0.1) is 6.61 Å². The fourth-order valence-corrected chi connectivity index (χ4v) is 1.43. The molecule has 0 amide bonds. The lowest BCUT2D eigenvalue weighted by molar-refractivity contribution is 0.00718. The van der Waals surface area contributed by atoms with E-state index in [0.717, 1.165) is 0 Å². The summed E-state index contributed by atoms with van der Waals surface area (Å²) < 4.78 is 10.3. The number of hydrogen-bond donors (Lipinski definition) is 2. The molecule has 2 atom stereocenters. The van der Waals surface area contributed by atoms with Gasteiger partial charge in [-0.25, -0.2) is 0 Å².